The molecule has 0 amide bonds. The molecule has 102 valence electrons. The Labute approximate surface area is 127 Å². The number of fused-ring (bicyclic) bond motifs is 1. The SMILES string of the molecule is Cc1ccccc1CCc1nc2c(C)cc(Br)cc2[nH]1. The number of aryl methyl sites for hydroxylation is 4. The van der Waals surface area contributed by atoms with Crippen molar-refractivity contribution in [3.05, 3.63) is 63.4 Å². The molecule has 3 heteroatoms. The summed E-state index contributed by atoms with van der Waals surface area (Å²) in [6, 6.07) is 12.7. The number of rotatable bonds is 3. The number of hydrogen-bond donors (Lipinski definition) is 1. The van der Waals surface area contributed by atoms with Crippen molar-refractivity contribution in [2.75, 3.05) is 0 Å². The van der Waals surface area contributed by atoms with Crippen LogP contribution in [0.25, 0.3) is 11.0 Å². The van der Waals surface area contributed by atoms with Crippen LogP contribution in [0, 0.1) is 13.8 Å². The Morgan fingerprint density at radius 3 is 2.65 bits per heavy atom. The van der Waals surface area contributed by atoms with Crippen LogP contribution >= 0.6 is 15.9 Å². The molecule has 0 saturated carbocycles. The van der Waals surface area contributed by atoms with Crippen molar-refractivity contribution < 1.29 is 0 Å². The molecule has 2 aromatic carbocycles. The summed E-state index contributed by atoms with van der Waals surface area (Å²) in [5.74, 6) is 1.06. The van der Waals surface area contributed by atoms with E-state index in [1.165, 1.54) is 16.7 Å². The molecule has 3 rings (SSSR count). The molecule has 0 aliphatic rings. The van der Waals surface area contributed by atoms with Gasteiger partial charge < -0.3 is 4.98 Å². The molecule has 1 N–H and O–H groups in total. The van der Waals surface area contributed by atoms with E-state index in [2.05, 4.69) is 71.2 Å². The number of aromatic nitrogens is 2. The summed E-state index contributed by atoms with van der Waals surface area (Å²) < 4.78 is 1.09. The van der Waals surface area contributed by atoms with Crippen LogP contribution in [-0.2, 0) is 12.8 Å². The highest BCUT2D eigenvalue weighted by Gasteiger charge is 2.07. The van der Waals surface area contributed by atoms with Crippen molar-refractivity contribution >= 4 is 27.0 Å². The minimum Gasteiger partial charge on any atom is -0.342 e. The fourth-order valence-electron chi connectivity index (χ4n) is 2.56. The second-order valence-electron chi connectivity index (χ2n) is 5.23. The Bertz CT molecular complexity index is 759. The van der Waals surface area contributed by atoms with E-state index in [4.69, 9.17) is 4.98 Å². The van der Waals surface area contributed by atoms with Crippen molar-refractivity contribution in [2.24, 2.45) is 0 Å². The highest BCUT2D eigenvalue weighted by molar-refractivity contribution is 9.10. The molecule has 3 aromatic rings. The lowest BCUT2D eigenvalue weighted by Crippen LogP contribution is -1.95. The van der Waals surface area contributed by atoms with Crippen molar-refractivity contribution in [1.82, 2.24) is 9.97 Å². The standard InChI is InChI=1S/C17H17BrN2/c1-11-5-3-4-6-13(11)7-8-16-19-15-10-14(18)9-12(2)17(15)20-16/h3-6,9-10H,7-8H2,1-2H3,(H,19,20). The summed E-state index contributed by atoms with van der Waals surface area (Å²) in [7, 11) is 0. The molecule has 1 aromatic heterocycles. The second kappa shape index (κ2) is 5.41. The molecule has 0 unspecified atom stereocenters. The Hall–Kier alpha value is -1.61. The fraction of sp³-hybridized carbons (Fsp3) is 0.235. The van der Waals surface area contributed by atoms with Gasteiger partial charge >= 0.3 is 0 Å². The second-order valence-corrected chi connectivity index (χ2v) is 6.14. The summed E-state index contributed by atoms with van der Waals surface area (Å²) >= 11 is 3.53. The number of nitrogens with one attached hydrogen (secondary N) is 1. The zero-order valence-corrected chi connectivity index (χ0v) is 13.3. The maximum Gasteiger partial charge on any atom is 0.107 e. The van der Waals surface area contributed by atoms with Crippen molar-refractivity contribution in [2.45, 2.75) is 26.7 Å². The van der Waals surface area contributed by atoms with Gasteiger partial charge in [-0.3, -0.25) is 0 Å². The number of benzene rings is 2. The van der Waals surface area contributed by atoms with Crippen molar-refractivity contribution in [3.63, 3.8) is 0 Å². The van der Waals surface area contributed by atoms with E-state index < -0.39 is 0 Å². The van der Waals surface area contributed by atoms with Crippen LogP contribution in [0.4, 0.5) is 0 Å². The van der Waals surface area contributed by atoms with Crippen LogP contribution in [0.5, 0.6) is 0 Å². The van der Waals surface area contributed by atoms with Crippen molar-refractivity contribution in [3.8, 4) is 0 Å². The van der Waals surface area contributed by atoms with Gasteiger partial charge in [-0.1, -0.05) is 40.2 Å². The Balaban J connectivity index is 1.85. The van der Waals surface area contributed by atoms with E-state index in [0.717, 1.165) is 34.2 Å². The molecule has 0 aliphatic carbocycles. The fourth-order valence-corrected chi connectivity index (χ4v) is 3.13. The predicted molar refractivity (Wildman–Crippen MR) is 87.1 cm³/mol. The van der Waals surface area contributed by atoms with E-state index in [-0.39, 0.29) is 0 Å². The zero-order valence-electron chi connectivity index (χ0n) is 11.7. The molecule has 0 bridgehead atoms. The van der Waals surface area contributed by atoms with Crippen LogP contribution in [-0.4, -0.2) is 9.97 Å². The van der Waals surface area contributed by atoms with Gasteiger partial charge in [-0.05, 0) is 49.1 Å². The van der Waals surface area contributed by atoms with Gasteiger partial charge in [0.05, 0.1) is 11.0 Å². The summed E-state index contributed by atoms with van der Waals surface area (Å²) in [5.41, 5.74) is 6.13. The average Bonchev–Trinajstić information content (AvgIpc) is 2.81. The topological polar surface area (TPSA) is 28.7 Å². The largest absolute Gasteiger partial charge is 0.342 e. The van der Waals surface area contributed by atoms with Crippen LogP contribution < -0.4 is 0 Å². The van der Waals surface area contributed by atoms with Gasteiger partial charge in [0, 0.05) is 10.9 Å². The molecule has 2 nitrogen and oxygen atoms in total. The first-order chi connectivity index (χ1) is 9.63. The molecule has 0 aliphatic heterocycles. The lowest BCUT2D eigenvalue weighted by molar-refractivity contribution is 0.883. The number of H-pyrrole nitrogens is 1. The normalized spacial score (nSPS) is 11.2. The van der Waals surface area contributed by atoms with Gasteiger partial charge in [0.1, 0.15) is 5.82 Å². The number of hydrogen-bond acceptors (Lipinski definition) is 1. The van der Waals surface area contributed by atoms with E-state index in [1.807, 2.05) is 0 Å². The van der Waals surface area contributed by atoms with Crippen LogP contribution in [0.3, 0.4) is 0 Å². The molecule has 20 heavy (non-hydrogen) atoms. The van der Waals surface area contributed by atoms with Gasteiger partial charge in [0.2, 0.25) is 0 Å². The number of nitrogens with zero attached hydrogens (tertiary/aromatic N) is 1. The first-order valence-corrected chi connectivity index (χ1v) is 7.62. The summed E-state index contributed by atoms with van der Waals surface area (Å²) in [4.78, 5) is 8.15. The minimum atomic E-state index is 0.941. The smallest absolute Gasteiger partial charge is 0.107 e. The van der Waals surface area contributed by atoms with Crippen LogP contribution in [0.2, 0.25) is 0 Å². The Kier molecular flexibility index (Phi) is 3.62. The molecule has 1 heterocycles. The van der Waals surface area contributed by atoms with Crippen molar-refractivity contribution in [1.29, 1.82) is 0 Å². The van der Waals surface area contributed by atoms with Gasteiger partial charge in [0.15, 0.2) is 0 Å². The van der Waals surface area contributed by atoms with Gasteiger partial charge in [-0.2, -0.15) is 0 Å². The monoisotopic (exact) mass is 328 g/mol. The maximum atomic E-state index is 4.72. The highest BCUT2D eigenvalue weighted by atomic mass is 79.9. The summed E-state index contributed by atoms with van der Waals surface area (Å²) in [6.45, 7) is 4.26. The number of imidazole rings is 1. The minimum absolute atomic E-state index is 0.941. The maximum absolute atomic E-state index is 4.72. The van der Waals surface area contributed by atoms with E-state index in [9.17, 15) is 0 Å². The van der Waals surface area contributed by atoms with E-state index in [1.54, 1.807) is 0 Å². The predicted octanol–water partition coefficient (Wildman–Crippen LogP) is 4.73. The molecule has 0 saturated heterocycles. The molecule has 0 fully saturated rings. The third-order valence-electron chi connectivity index (χ3n) is 3.68. The first-order valence-electron chi connectivity index (χ1n) is 6.83. The van der Waals surface area contributed by atoms with E-state index >= 15 is 0 Å². The molecular formula is C17H17BrN2. The van der Waals surface area contributed by atoms with Crippen LogP contribution in [0.1, 0.15) is 22.5 Å². The third-order valence-corrected chi connectivity index (χ3v) is 4.14. The lowest BCUT2D eigenvalue weighted by atomic mass is 10.0. The molecular weight excluding hydrogens is 312 g/mol. The van der Waals surface area contributed by atoms with E-state index in [0.29, 0.717) is 0 Å². The number of halogens is 1. The first kappa shape index (κ1) is 13.4. The molecule has 0 radical (unpaired) electrons. The number of aromatic amines is 1. The average molecular weight is 329 g/mol. The Morgan fingerprint density at radius 2 is 1.85 bits per heavy atom. The quantitative estimate of drug-likeness (QED) is 0.739. The van der Waals surface area contributed by atoms with Gasteiger partial charge in [-0.25, -0.2) is 4.98 Å². The lowest BCUT2D eigenvalue weighted by Gasteiger charge is -2.03. The third kappa shape index (κ3) is 2.63. The molecule has 0 atom stereocenters. The summed E-state index contributed by atoms with van der Waals surface area (Å²) in [5, 5.41) is 0. The van der Waals surface area contributed by atoms with Crippen LogP contribution in [0.15, 0.2) is 40.9 Å². The van der Waals surface area contributed by atoms with Gasteiger partial charge in [-0.15, -0.1) is 0 Å². The highest BCUT2D eigenvalue weighted by Crippen LogP contribution is 2.22. The summed E-state index contributed by atoms with van der Waals surface area (Å²) in [6.07, 6.45) is 1.96. The van der Waals surface area contributed by atoms with Gasteiger partial charge in [0.25, 0.3) is 0 Å². The Morgan fingerprint density at radius 1 is 1.05 bits per heavy atom. The molecule has 0 spiro atoms. The zero-order chi connectivity index (χ0) is 14.1.